The summed E-state index contributed by atoms with van der Waals surface area (Å²) in [5, 5.41) is 4.97. The monoisotopic (exact) mass is 361 g/mol. The van der Waals surface area contributed by atoms with Crippen molar-refractivity contribution < 1.29 is 13.6 Å². The van der Waals surface area contributed by atoms with Crippen molar-refractivity contribution in [1.29, 1.82) is 0 Å². The molecule has 0 radical (unpaired) electrons. The third-order valence-corrected chi connectivity index (χ3v) is 4.27. The first-order valence-electron chi connectivity index (χ1n) is 8.39. The van der Waals surface area contributed by atoms with Gasteiger partial charge in [0.15, 0.2) is 0 Å². The summed E-state index contributed by atoms with van der Waals surface area (Å²) in [6, 6.07) is 6.24. The fourth-order valence-corrected chi connectivity index (χ4v) is 2.68. The number of carbonyl (C=O) groups excluding carboxylic acids is 1. The van der Waals surface area contributed by atoms with Crippen LogP contribution in [0.3, 0.4) is 0 Å². The molecule has 2 aromatic rings. The van der Waals surface area contributed by atoms with Gasteiger partial charge in [-0.2, -0.15) is 0 Å². The number of rotatable bonds is 4. The minimum atomic E-state index is -0.821. The van der Waals surface area contributed by atoms with E-state index in [1.165, 1.54) is 6.07 Å². The van der Waals surface area contributed by atoms with E-state index in [1.807, 2.05) is 12.1 Å². The smallest absolute Gasteiger partial charge is 0.319 e. The van der Waals surface area contributed by atoms with E-state index in [9.17, 15) is 13.6 Å². The Morgan fingerprint density at radius 1 is 1.15 bits per heavy atom. The molecule has 0 saturated carbocycles. The number of nitrogens with zero attached hydrogens (tertiary/aromatic N) is 3. The van der Waals surface area contributed by atoms with Crippen molar-refractivity contribution in [3.63, 3.8) is 0 Å². The number of anilines is 2. The maximum absolute atomic E-state index is 13.5. The number of piperazine rings is 1. The molecule has 0 bridgehead atoms. The molecule has 2 N–H and O–H groups in total. The van der Waals surface area contributed by atoms with E-state index in [-0.39, 0.29) is 12.2 Å². The molecule has 1 saturated heterocycles. The molecule has 0 atom stereocenters. The Kier molecular flexibility index (Phi) is 5.62. The number of carbonyl (C=O) groups is 1. The van der Waals surface area contributed by atoms with Crippen LogP contribution in [0.5, 0.6) is 0 Å². The number of hydrogen-bond donors (Lipinski definition) is 2. The molecule has 0 aliphatic carbocycles. The van der Waals surface area contributed by atoms with Gasteiger partial charge in [-0.05, 0) is 30.8 Å². The predicted octanol–water partition coefficient (Wildman–Crippen LogP) is 2.43. The summed E-state index contributed by atoms with van der Waals surface area (Å²) in [6.07, 6.45) is 1.71. The number of benzene rings is 1. The zero-order chi connectivity index (χ0) is 18.5. The first-order valence-corrected chi connectivity index (χ1v) is 8.39. The lowest BCUT2D eigenvalue weighted by Crippen LogP contribution is -2.44. The van der Waals surface area contributed by atoms with E-state index in [1.54, 1.807) is 6.20 Å². The van der Waals surface area contributed by atoms with Crippen LogP contribution in [-0.4, -0.2) is 49.1 Å². The lowest BCUT2D eigenvalue weighted by atomic mass is 10.2. The largest absolute Gasteiger partial charge is 0.354 e. The Morgan fingerprint density at radius 3 is 2.58 bits per heavy atom. The highest BCUT2D eigenvalue weighted by atomic mass is 19.1. The van der Waals surface area contributed by atoms with Gasteiger partial charge in [0.1, 0.15) is 17.5 Å². The van der Waals surface area contributed by atoms with Crippen molar-refractivity contribution >= 4 is 17.5 Å². The van der Waals surface area contributed by atoms with Crippen LogP contribution in [0.4, 0.5) is 25.1 Å². The summed E-state index contributed by atoms with van der Waals surface area (Å²) in [5.74, 6) is -0.599. The van der Waals surface area contributed by atoms with Crippen molar-refractivity contribution in [1.82, 2.24) is 15.2 Å². The van der Waals surface area contributed by atoms with Gasteiger partial charge in [-0.1, -0.05) is 6.07 Å². The molecule has 1 fully saturated rings. The first kappa shape index (κ1) is 18.1. The van der Waals surface area contributed by atoms with Gasteiger partial charge in [-0.25, -0.2) is 18.6 Å². The number of amides is 2. The van der Waals surface area contributed by atoms with E-state index in [4.69, 9.17) is 0 Å². The van der Waals surface area contributed by atoms with Crippen LogP contribution in [0.15, 0.2) is 36.5 Å². The van der Waals surface area contributed by atoms with Gasteiger partial charge >= 0.3 is 6.03 Å². The van der Waals surface area contributed by atoms with Gasteiger partial charge < -0.3 is 20.4 Å². The van der Waals surface area contributed by atoms with Crippen molar-refractivity contribution in [3.05, 3.63) is 53.7 Å². The van der Waals surface area contributed by atoms with Crippen molar-refractivity contribution in [2.75, 3.05) is 43.4 Å². The van der Waals surface area contributed by atoms with E-state index >= 15 is 0 Å². The second kappa shape index (κ2) is 8.09. The topological polar surface area (TPSA) is 60.5 Å². The summed E-state index contributed by atoms with van der Waals surface area (Å²) in [4.78, 5) is 20.8. The first-order chi connectivity index (χ1) is 12.5. The lowest BCUT2D eigenvalue weighted by molar-refractivity contribution is 0.251. The number of nitrogens with one attached hydrogen (secondary N) is 2. The van der Waals surface area contributed by atoms with Crippen LogP contribution in [-0.2, 0) is 6.54 Å². The fourth-order valence-electron chi connectivity index (χ4n) is 2.68. The number of likely N-dealkylation sites (N-methyl/N-ethyl adjacent to an activating group) is 1. The van der Waals surface area contributed by atoms with Crippen LogP contribution in [0, 0.1) is 11.6 Å². The number of pyridine rings is 1. The summed E-state index contributed by atoms with van der Waals surface area (Å²) in [5.41, 5.74) is 0.755. The molecule has 3 rings (SSSR count). The summed E-state index contributed by atoms with van der Waals surface area (Å²) in [6.45, 7) is 4.14. The molecule has 2 heterocycles. The standard InChI is InChI=1S/C18H21F2N5O/c1-24-6-8-25(9-7-24)17-5-2-13(11-21-17)12-22-18(26)23-16-4-3-14(19)10-15(16)20/h2-5,10-11H,6-9,12H2,1H3,(H2,22,23,26). The van der Waals surface area contributed by atoms with Gasteiger partial charge in [0.25, 0.3) is 0 Å². The molecule has 1 aliphatic rings. The Hall–Kier alpha value is -2.74. The van der Waals surface area contributed by atoms with Crippen LogP contribution in [0.25, 0.3) is 0 Å². The van der Waals surface area contributed by atoms with E-state index in [0.29, 0.717) is 0 Å². The molecule has 138 valence electrons. The Labute approximate surface area is 150 Å². The molecule has 8 heteroatoms. The summed E-state index contributed by atoms with van der Waals surface area (Å²) >= 11 is 0. The van der Waals surface area contributed by atoms with Crippen molar-refractivity contribution in [3.8, 4) is 0 Å². The second-order valence-electron chi connectivity index (χ2n) is 6.25. The van der Waals surface area contributed by atoms with Crippen molar-refractivity contribution in [2.24, 2.45) is 0 Å². The molecule has 0 spiro atoms. The lowest BCUT2D eigenvalue weighted by Gasteiger charge is -2.33. The van der Waals surface area contributed by atoms with Gasteiger partial charge in [0.05, 0.1) is 5.69 Å². The van der Waals surface area contributed by atoms with E-state index < -0.39 is 17.7 Å². The highest BCUT2D eigenvalue weighted by Gasteiger charge is 2.15. The van der Waals surface area contributed by atoms with E-state index in [0.717, 1.165) is 49.7 Å². The molecule has 2 amide bonds. The third-order valence-electron chi connectivity index (χ3n) is 4.27. The van der Waals surface area contributed by atoms with Gasteiger partial charge in [-0.15, -0.1) is 0 Å². The maximum atomic E-state index is 13.5. The number of urea groups is 1. The van der Waals surface area contributed by atoms with Crippen LogP contribution in [0.2, 0.25) is 0 Å². The Balaban J connectivity index is 1.50. The SMILES string of the molecule is CN1CCN(c2ccc(CNC(=O)Nc3ccc(F)cc3F)cn2)CC1. The molecule has 0 unspecified atom stereocenters. The average Bonchev–Trinajstić information content (AvgIpc) is 2.63. The summed E-state index contributed by atoms with van der Waals surface area (Å²) < 4.78 is 26.4. The third kappa shape index (κ3) is 4.66. The molecule has 6 nitrogen and oxygen atoms in total. The minimum Gasteiger partial charge on any atom is -0.354 e. The Bertz CT molecular complexity index is 761. The zero-order valence-electron chi connectivity index (χ0n) is 14.5. The minimum absolute atomic E-state index is 0.0764. The van der Waals surface area contributed by atoms with Crippen LogP contribution >= 0.6 is 0 Å². The second-order valence-corrected chi connectivity index (χ2v) is 6.25. The van der Waals surface area contributed by atoms with Crippen LogP contribution in [0.1, 0.15) is 5.56 Å². The highest BCUT2D eigenvalue weighted by molar-refractivity contribution is 5.89. The zero-order valence-corrected chi connectivity index (χ0v) is 14.5. The summed E-state index contributed by atoms with van der Waals surface area (Å²) in [7, 11) is 2.10. The van der Waals surface area contributed by atoms with Gasteiger partial charge in [-0.3, -0.25) is 0 Å². The molecule has 26 heavy (non-hydrogen) atoms. The fraction of sp³-hybridized carbons (Fsp3) is 0.333. The molecule has 1 aromatic heterocycles. The van der Waals surface area contributed by atoms with Crippen molar-refractivity contribution in [2.45, 2.75) is 6.54 Å². The number of aromatic nitrogens is 1. The number of hydrogen-bond acceptors (Lipinski definition) is 4. The predicted molar refractivity (Wildman–Crippen MR) is 96.2 cm³/mol. The maximum Gasteiger partial charge on any atom is 0.319 e. The van der Waals surface area contributed by atoms with Crippen LogP contribution < -0.4 is 15.5 Å². The molecule has 1 aromatic carbocycles. The van der Waals surface area contributed by atoms with Gasteiger partial charge in [0.2, 0.25) is 0 Å². The molecular weight excluding hydrogens is 340 g/mol. The van der Waals surface area contributed by atoms with Gasteiger partial charge in [0, 0.05) is 45.0 Å². The Morgan fingerprint density at radius 2 is 1.92 bits per heavy atom. The quantitative estimate of drug-likeness (QED) is 0.878. The van der Waals surface area contributed by atoms with E-state index in [2.05, 4.69) is 32.5 Å². The highest BCUT2D eigenvalue weighted by Crippen LogP contribution is 2.15. The number of halogens is 2. The molecule has 1 aliphatic heterocycles. The normalized spacial score (nSPS) is 15.0. The molecular formula is C18H21F2N5O. The average molecular weight is 361 g/mol.